The minimum Gasteiger partial charge on any atom is -0.481 e. The smallest absolute Gasteiger partial charge is 0.481 e. The van der Waals surface area contributed by atoms with E-state index in [1.807, 2.05) is 107 Å². The van der Waals surface area contributed by atoms with Crippen LogP contribution < -0.4 is 10.9 Å². The van der Waals surface area contributed by atoms with Crippen LogP contribution in [0.2, 0.25) is 0 Å². The number of ether oxygens (including phenoxy) is 1. The molecule has 1 aliphatic heterocycles. The molecule has 0 N–H and O–H groups in total. The fourth-order valence-electron chi connectivity index (χ4n) is 3.36. The van der Waals surface area contributed by atoms with Gasteiger partial charge in [0.2, 0.25) is 0 Å². The Balaban J connectivity index is 2.39. The van der Waals surface area contributed by atoms with Crippen LogP contribution >= 0.6 is 12.6 Å². The fourth-order valence-corrected chi connectivity index (χ4v) is 3.42. The Morgan fingerprint density at radius 2 is 1.63 bits per heavy atom. The summed E-state index contributed by atoms with van der Waals surface area (Å²) in [6, 6.07) is 6.11. The van der Waals surface area contributed by atoms with Crippen LogP contribution in [0.25, 0.3) is 0 Å². The average Bonchev–Trinajstić information content (AvgIpc) is 2.90. The van der Waals surface area contributed by atoms with Crippen molar-refractivity contribution in [1.29, 1.82) is 0 Å². The zero-order valence-corrected chi connectivity index (χ0v) is 24.6. The minimum absolute atomic E-state index is 0.157. The molecule has 0 spiro atoms. The summed E-state index contributed by atoms with van der Waals surface area (Å²) in [6.07, 6.45) is 0.587. The van der Waals surface area contributed by atoms with Gasteiger partial charge >= 0.3 is 14.6 Å². The van der Waals surface area contributed by atoms with Crippen molar-refractivity contribution in [1.82, 2.24) is 0 Å². The highest BCUT2D eigenvalue weighted by Gasteiger charge is 2.51. The monoisotopic (exact) mass is 501 g/mol. The predicted octanol–water partition coefficient (Wildman–Crippen LogP) is 4.44. The first-order valence-corrected chi connectivity index (χ1v) is 12.8. The Morgan fingerprint density at radius 3 is 2.09 bits per heavy atom. The normalized spacial score (nSPS) is 18.7. The first kappa shape index (κ1) is 30.1. The molecular formula is C27H43B2O5S. The molecule has 0 aliphatic carbocycles. The van der Waals surface area contributed by atoms with Crippen molar-refractivity contribution < 1.29 is 23.5 Å². The van der Waals surface area contributed by atoms with Crippen molar-refractivity contribution in [3.63, 3.8) is 0 Å². The standard InChI is InChI=1S/C27H43B2O5S/c1-18(22(17-30)31-23(2,3)4)15-19-13-14-20(29-33-24(5,6)25(7,8)34-29)16-21(19)28-32-26(9,10)27(11,12)35/h13-14,16,18,35H,15H2,1-12H3. The Hall–Kier alpha value is -1.17. The van der Waals surface area contributed by atoms with Gasteiger partial charge in [-0.25, -0.2) is 4.79 Å². The van der Waals surface area contributed by atoms with Gasteiger partial charge in [0.05, 0.1) is 16.8 Å². The molecule has 2 rings (SSSR count). The van der Waals surface area contributed by atoms with Gasteiger partial charge in [0.1, 0.15) is 5.60 Å². The van der Waals surface area contributed by atoms with E-state index < -0.39 is 29.5 Å². The lowest BCUT2D eigenvalue weighted by Gasteiger charge is -2.38. The van der Waals surface area contributed by atoms with Crippen molar-refractivity contribution in [2.24, 2.45) is 5.92 Å². The summed E-state index contributed by atoms with van der Waals surface area (Å²) in [5.41, 5.74) is 0.972. The fraction of sp³-hybridized carbons (Fsp3) is 0.704. The molecule has 0 aromatic heterocycles. The van der Waals surface area contributed by atoms with Crippen LogP contribution in [0, 0.1) is 5.92 Å². The van der Waals surface area contributed by atoms with Crippen molar-refractivity contribution in [3.8, 4) is 0 Å². The lowest BCUT2D eigenvalue weighted by Crippen LogP contribution is -2.47. The summed E-state index contributed by atoms with van der Waals surface area (Å²) in [5.74, 6) is 2.16. The van der Waals surface area contributed by atoms with Gasteiger partial charge in [0.15, 0.2) is 11.7 Å². The van der Waals surface area contributed by atoms with Crippen molar-refractivity contribution in [2.45, 2.75) is 117 Å². The van der Waals surface area contributed by atoms with Gasteiger partial charge in [0.25, 0.3) is 0 Å². The van der Waals surface area contributed by atoms with Crippen molar-refractivity contribution in [3.05, 3.63) is 29.5 Å². The van der Waals surface area contributed by atoms with Gasteiger partial charge in [-0.05, 0) is 88.0 Å². The lowest BCUT2D eigenvalue weighted by molar-refractivity contribution is 0.00578. The summed E-state index contributed by atoms with van der Waals surface area (Å²) in [6.45, 7) is 24.0. The molecular weight excluding hydrogens is 458 g/mol. The molecule has 1 unspecified atom stereocenters. The van der Waals surface area contributed by atoms with E-state index in [0.717, 1.165) is 16.5 Å². The number of carbonyl (C=O) groups excluding carboxylic acids is 1. The molecule has 8 heteroatoms. The van der Waals surface area contributed by atoms with Crippen LogP contribution in [0.5, 0.6) is 0 Å². The van der Waals surface area contributed by atoms with Gasteiger partial charge in [-0.2, -0.15) is 12.6 Å². The van der Waals surface area contributed by atoms with Crippen LogP contribution in [0.1, 0.15) is 88.6 Å². The van der Waals surface area contributed by atoms with E-state index in [-0.39, 0.29) is 10.7 Å². The van der Waals surface area contributed by atoms with E-state index >= 15 is 0 Å². The molecule has 35 heavy (non-hydrogen) atoms. The topological polar surface area (TPSA) is 54.0 Å². The number of hydrogen-bond donors (Lipinski definition) is 1. The number of hydrogen-bond acceptors (Lipinski definition) is 6. The molecule has 5 nitrogen and oxygen atoms in total. The number of thiol groups is 1. The summed E-state index contributed by atoms with van der Waals surface area (Å²) in [4.78, 5) is 11.7. The number of rotatable bonds is 9. The third kappa shape index (κ3) is 7.42. The number of allylic oxidation sites excluding steroid dienone is 1. The van der Waals surface area contributed by atoms with Crippen molar-refractivity contribution in [2.75, 3.05) is 0 Å². The predicted molar refractivity (Wildman–Crippen MR) is 149 cm³/mol. The summed E-state index contributed by atoms with van der Waals surface area (Å²) >= 11 is 4.72. The molecule has 1 heterocycles. The van der Waals surface area contributed by atoms with Crippen LogP contribution in [-0.2, 0) is 29.9 Å². The molecule has 1 fully saturated rings. The Kier molecular flexibility index (Phi) is 8.84. The van der Waals surface area contributed by atoms with Gasteiger partial charge in [-0.1, -0.05) is 36.1 Å². The highest BCUT2D eigenvalue weighted by Crippen LogP contribution is 2.36. The molecule has 1 saturated heterocycles. The Bertz CT molecular complexity index is 937. The molecule has 1 atom stereocenters. The molecule has 1 aromatic carbocycles. The second kappa shape index (κ2) is 10.3. The van der Waals surface area contributed by atoms with Crippen LogP contribution in [-0.4, -0.2) is 47.7 Å². The first-order valence-electron chi connectivity index (χ1n) is 12.3. The zero-order valence-electron chi connectivity index (χ0n) is 23.7. The third-order valence-corrected chi connectivity index (χ3v) is 7.68. The van der Waals surface area contributed by atoms with E-state index in [2.05, 4.69) is 0 Å². The maximum Gasteiger partial charge on any atom is 0.494 e. The molecule has 1 aliphatic rings. The zero-order chi connectivity index (χ0) is 27.0. The molecule has 0 saturated carbocycles. The molecule has 0 bridgehead atoms. The van der Waals surface area contributed by atoms with Gasteiger partial charge in [0, 0.05) is 10.7 Å². The Labute approximate surface area is 219 Å². The summed E-state index contributed by atoms with van der Waals surface area (Å²) in [5, 5.41) is 0. The van der Waals surface area contributed by atoms with E-state index in [4.69, 9.17) is 31.3 Å². The molecule has 0 amide bonds. The minimum atomic E-state index is -0.525. The van der Waals surface area contributed by atoms with Gasteiger partial charge in [-0.15, -0.1) is 0 Å². The van der Waals surface area contributed by atoms with Gasteiger partial charge < -0.3 is 18.7 Å². The highest BCUT2D eigenvalue weighted by molar-refractivity contribution is 7.81. The van der Waals surface area contributed by atoms with Crippen LogP contribution in [0.15, 0.2) is 24.0 Å². The van der Waals surface area contributed by atoms with E-state index in [9.17, 15) is 4.79 Å². The summed E-state index contributed by atoms with van der Waals surface area (Å²) < 4.78 is 24.3. The summed E-state index contributed by atoms with van der Waals surface area (Å²) in [7, 11) is 1.30. The highest BCUT2D eigenvalue weighted by atomic mass is 32.1. The first-order chi connectivity index (χ1) is 15.7. The lowest BCUT2D eigenvalue weighted by atomic mass is 9.71. The quantitative estimate of drug-likeness (QED) is 0.235. The average molecular weight is 501 g/mol. The maximum atomic E-state index is 11.7. The van der Waals surface area contributed by atoms with E-state index in [1.54, 1.807) is 7.48 Å². The van der Waals surface area contributed by atoms with Crippen LogP contribution in [0.4, 0.5) is 0 Å². The van der Waals surface area contributed by atoms with Crippen LogP contribution in [0.3, 0.4) is 0 Å². The SMILES string of the molecule is CC(Cc1ccc(B2OC(C)(C)C(C)(C)O2)cc1[B]OC(C)(C)C(C)(C)S)C(=C=O)OC(C)(C)C. The molecule has 193 valence electrons. The van der Waals surface area contributed by atoms with Gasteiger partial charge in [-0.3, -0.25) is 0 Å². The largest absolute Gasteiger partial charge is 0.494 e. The van der Waals surface area contributed by atoms with E-state index in [0.29, 0.717) is 12.2 Å². The molecule has 1 radical (unpaired) electrons. The van der Waals surface area contributed by atoms with Crippen molar-refractivity contribution >= 4 is 44.1 Å². The maximum absolute atomic E-state index is 11.7. The number of benzene rings is 1. The second-order valence-corrected chi connectivity index (χ2v) is 13.8. The second-order valence-electron chi connectivity index (χ2n) is 12.6. The van der Waals surface area contributed by atoms with E-state index in [1.165, 1.54) is 0 Å². The molecule has 1 aromatic rings. The Morgan fingerprint density at radius 1 is 1.09 bits per heavy atom. The third-order valence-electron chi connectivity index (χ3n) is 7.14.